The molecule has 0 saturated carbocycles. The van der Waals surface area contributed by atoms with Crippen LogP contribution in [0.15, 0.2) is 57.6 Å². The lowest BCUT2D eigenvalue weighted by atomic mass is 9.97. The van der Waals surface area contributed by atoms with E-state index in [1.54, 1.807) is 18.2 Å². The molecule has 0 aliphatic heterocycles. The summed E-state index contributed by atoms with van der Waals surface area (Å²) in [6.07, 6.45) is 2.24. The number of rotatable bonds is 2. The van der Waals surface area contributed by atoms with Crippen molar-refractivity contribution in [3.8, 4) is 0 Å². The molecule has 0 fully saturated rings. The first-order valence-electron chi connectivity index (χ1n) is 8.01. The first-order valence-corrected chi connectivity index (χ1v) is 9.22. The molecule has 0 heterocycles. The van der Waals surface area contributed by atoms with Crippen LogP contribution in [0.25, 0.3) is 0 Å². The third kappa shape index (κ3) is 3.90. The van der Waals surface area contributed by atoms with Crippen molar-refractivity contribution >= 4 is 53.1 Å². The maximum Gasteiger partial charge on any atom is 0.264 e. The van der Waals surface area contributed by atoms with Gasteiger partial charge in [0.05, 0.1) is 16.4 Å². The van der Waals surface area contributed by atoms with E-state index in [0.717, 1.165) is 28.9 Å². The minimum atomic E-state index is -0.663. The average Bonchev–Trinajstić information content (AvgIpc) is 2.75. The summed E-state index contributed by atoms with van der Waals surface area (Å²) in [6, 6.07) is 10.9. The number of amides is 1. The molecule has 7 heteroatoms. The number of aryl methyl sites for hydroxylation is 1. The lowest BCUT2D eigenvalue weighted by Crippen LogP contribution is -2.25. The van der Waals surface area contributed by atoms with Gasteiger partial charge < -0.3 is 11.5 Å². The van der Waals surface area contributed by atoms with Crippen LogP contribution in [0, 0.1) is 0 Å². The molecule has 0 saturated heterocycles. The van der Waals surface area contributed by atoms with E-state index in [-0.39, 0.29) is 5.70 Å². The van der Waals surface area contributed by atoms with Crippen LogP contribution >= 0.6 is 35.8 Å². The number of halogens is 2. The van der Waals surface area contributed by atoms with Crippen LogP contribution in [-0.2, 0) is 11.2 Å². The van der Waals surface area contributed by atoms with Crippen molar-refractivity contribution in [2.75, 3.05) is 0 Å². The van der Waals surface area contributed by atoms with Gasteiger partial charge in [-0.3, -0.25) is 4.79 Å². The van der Waals surface area contributed by atoms with Gasteiger partial charge in [0.1, 0.15) is 5.70 Å². The molecular formula is C19H17Cl2N3OS. The van der Waals surface area contributed by atoms with Gasteiger partial charge in [0, 0.05) is 21.1 Å². The summed E-state index contributed by atoms with van der Waals surface area (Å²) in [6.45, 7) is 0. The number of carbonyl (C=O) groups is 1. The molecule has 0 atom stereocenters. The fourth-order valence-electron chi connectivity index (χ4n) is 2.99. The number of hydrogen-bond donors (Lipinski definition) is 3. The molecular weight excluding hydrogens is 389 g/mol. The average molecular weight is 406 g/mol. The largest absolute Gasteiger partial charge is 0.394 e. The zero-order chi connectivity index (χ0) is 18.8. The summed E-state index contributed by atoms with van der Waals surface area (Å²) >= 11 is 16.7. The number of thiol groups is 1. The fraction of sp³-hybridized carbons (Fsp3) is 0.158. The van der Waals surface area contributed by atoms with Crippen LogP contribution in [0.1, 0.15) is 24.0 Å². The van der Waals surface area contributed by atoms with E-state index in [4.69, 9.17) is 39.7 Å². The Balaban J connectivity index is 2.28. The van der Waals surface area contributed by atoms with Crippen molar-refractivity contribution in [2.45, 2.75) is 24.2 Å². The van der Waals surface area contributed by atoms with Gasteiger partial charge in [0.15, 0.2) is 0 Å². The summed E-state index contributed by atoms with van der Waals surface area (Å²) in [7, 11) is 0. The van der Waals surface area contributed by atoms with Crippen LogP contribution in [0.4, 0.5) is 5.69 Å². The number of hydrogen-bond acceptors (Lipinski definition) is 4. The van der Waals surface area contributed by atoms with Crippen molar-refractivity contribution in [2.24, 2.45) is 16.5 Å². The van der Waals surface area contributed by atoms with Crippen molar-refractivity contribution < 1.29 is 4.79 Å². The second-order valence-electron chi connectivity index (χ2n) is 6.01. The number of carbonyl (C=O) groups excluding carboxylic acids is 1. The molecule has 2 aromatic rings. The van der Waals surface area contributed by atoms with E-state index in [1.165, 1.54) is 0 Å². The number of benzene rings is 2. The summed E-state index contributed by atoms with van der Waals surface area (Å²) < 4.78 is 0. The lowest BCUT2D eigenvalue weighted by molar-refractivity contribution is -0.114. The van der Waals surface area contributed by atoms with E-state index in [1.807, 2.05) is 18.2 Å². The predicted octanol–water partition coefficient (Wildman–Crippen LogP) is 4.44. The monoisotopic (exact) mass is 405 g/mol. The van der Waals surface area contributed by atoms with Crippen LogP contribution in [0.2, 0.25) is 10.0 Å². The highest BCUT2D eigenvalue weighted by atomic mass is 35.5. The molecule has 2 aromatic carbocycles. The van der Waals surface area contributed by atoms with Crippen LogP contribution in [0.5, 0.6) is 0 Å². The summed E-state index contributed by atoms with van der Waals surface area (Å²) in [4.78, 5) is 17.3. The van der Waals surface area contributed by atoms with Crippen molar-refractivity contribution in [3.63, 3.8) is 0 Å². The number of aliphatic imine (C=N–C) groups is 1. The molecule has 0 spiro atoms. The minimum absolute atomic E-state index is 0.0247. The highest BCUT2D eigenvalue weighted by Gasteiger charge is 2.23. The SMILES string of the molecule is NC(=O)C(N)=C1CCCc2cc(S)ccc2C1=Nc1ccc(Cl)cc1Cl. The van der Waals surface area contributed by atoms with Crippen molar-refractivity contribution in [1.82, 2.24) is 0 Å². The zero-order valence-electron chi connectivity index (χ0n) is 13.8. The highest BCUT2D eigenvalue weighted by Crippen LogP contribution is 2.33. The maximum atomic E-state index is 11.7. The Morgan fingerprint density at radius 1 is 1.08 bits per heavy atom. The van der Waals surface area contributed by atoms with Gasteiger partial charge in [0.25, 0.3) is 5.91 Å². The fourth-order valence-corrected chi connectivity index (χ4v) is 3.67. The predicted molar refractivity (Wildman–Crippen MR) is 110 cm³/mol. The number of fused-ring (bicyclic) bond motifs is 1. The number of nitrogens with zero attached hydrogens (tertiary/aromatic N) is 1. The van der Waals surface area contributed by atoms with Crippen LogP contribution in [0.3, 0.4) is 0 Å². The lowest BCUT2D eigenvalue weighted by Gasteiger charge is -2.14. The third-order valence-electron chi connectivity index (χ3n) is 4.24. The Morgan fingerprint density at radius 2 is 1.85 bits per heavy atom. The second kappa shape index (κ2) is 7.74. The number of allylic oxidation sites excluding steroid dienone is 1. The van der Waals surface area contributed by atoms with E-state index in [2.05, 4.69) is 12.6 Å². The Labute approximate surface area is 167 Å². The van der Waals surface area contributed by atoms with Crippen LogP contribution < -0.4 is 11.5 Å². The Bertz CT molecular complexity index is 954. The molecule has 1 amide bonds. The van der Waals surface area contributed by atoms with Gasteiger partial charge in [-0.25, -0.2) is 4.99 Å². The smallest absolute Gasteiger partial charge is 0.264 e. The molecule has 0 aromatic heterocycles. The highest BCUT2D eigenvalue weighted by molar-refractivity contribution is 7.80. The first-order chi connectivity index (χ1) is 12.4. The molecule has 4 N–H and O–H groups in total. The summed E-state index contributed by atoms with van der Waals surface area (Å²) in [5, 5.41) is 0.936. The van der Waals surface area contributed by atoms with Crippen molar-refractivity contribution in [1.29, 1.82) is 0 Å². The standard InChI is InChI=1S/C19H17Cl2N3OS/c20-11-4-7-16(15(21)9-11)24-18-13-6-5-12(26)8-10(13)2-1-3-14(18)17(22)19(23)25/h4-9,26H,1-3,22H2,(H2,23,25). The third-order valence-corrected chi connectivity index (χ3v) is 5.05. The summed E-state index contributed by atoms with van der Waals surface area (Å²) in [5.41, 5.74) is 15.2. The molecule has 3 rings (SSSR count). The number of nitrogens with two attached hydrogens (primary N) is 2. The second-order valence-corrected chi connectivity index (χ2v) is 7.37. The van der Waals surface area contributed by atoms with E-state index >= 15 is 0 Å². The molecule has 1 aliphatic carbocycles. The van der Waals surface area contributed by atoms with Gasteiger partial charge in [-0.15, -0.1) is 12.6 Å². The van der Waals surface area contributed by atoms with Gasteiger partial charge in [-0.1, -0.05) is 29.3 Å². The van der Waals surface area contributed by atoms with E-state index in [9.17, 15) is 4.79 Å². The first kappa shape index (κ1) is 18.8. The topological polar surface area (TPSA) is 81.5 Å². The Kier molecular flexibility index (Phi) is 5.61. The number of primary amides is 1. The van der Waals surface area contributed by atoms with E-state index in [0.29, 0.717) is 33.4 Å². The molecule has 0 radical (unpaired) electrons. The zero-order valence-corrected chi connectivity index (χ0v) is 16.2. The van der Waals surface area contributed by atoms with Crippen molar-refractivity contribution in [3.05, 3.63) is 68.8 Å². The molecule has 4 nitrogen and oxygen atoms in total. The normalized spacial score (nSPS) is 17.6. The Hall–Kier alpha value is -1.95. The molecule has 1 aliphatic rings. The van der Waals surface area contributed by atoms with Gasteiger partial charge in [-0.2, -0.15) is 0 Å². The van der Waals surface area contributed by atoms with Gasteiger partial charge in [0.2, 0.25) is 0 Å². The van der Waals surface area contributed by atoms with E-state index < -0.39 is 5.91 Å². The van der Waals surface area contributed by atoms with Gasteiger partial charge >= 0.3 is 0 Å². The molecule has 134 valence electrons. The Morgan fingerprint density at radius 3 is 2.54 bits per heavy atom. The van der Waals surface area contributed by atoms with Crippen LogP contribution in [-0.4, -0.2) is 11.6 Å². The minimum Gasteiger partial charge on any atom is -0.394 e. The summed E-state index contributed by atoms with van der Waals surface area (Å²) in [5.74, 6) is -0.663. The van der Waals surface area contributed by atoms with Gasteiger partial charge in [-0.05, 0) is 55.2 Å². The molecule has 0 unspecified atom stereocenters. The maximum absolute atomic E-state index is 11.7. The molecule has 0 bridgehead atoms. The quantitative estimate of drug-likeness (QED) is 0.392. The molecule has 26 heavy (non-hydrogen) atoms.